The van der Waals surface area contributed by atoms with E-state index in [1.807, 2.05) is 67.3 Å². The van der Waals surface area contributed by atoms with Gasteiger partial charge in [0.25, 0.3) is 5.91 Å². The van der Waals surface area contributed by atoms with Gasteiger partial charge in [0.05, 0.1) is 15.8 Å². The lowest BCUT2D eigenvalue weighted by atomic mass is 10.0. The van der Waals surface area contributed by atoms with Crippen LogP contribution in [0.3, 0.4) is 0 Å². The molecule has 146 valence electrons. The number of amides is 1. The molecule has 4 aromatic rings. The minimum atomic E-state index is 0.0483. The number of fused-ring (bicyclic) bond motifs is 1. The van der Waals surface area contributed by atoms with Gasteiger partial charge in [-0.2, -0.15) is 0 Å². The number of para-hydroxylation sites is 1. The second kappa shape index (κ2) is 8.01. The monoisotopic (exact) mass is 402 g/mol. The van der Waals surface area contributed by atoms with Crippen LogP contribution in [0.15, 0.2) is 60.8 Å². The summed E-state index contributed by atoms with van der Waals surface area (Å²) in [6.07, 6.45) is 1.76. The van der Waals surface area contributed by atoms with E-state index in [2.05, 4.69) is 11.1 Å². The summed E-state index contributed by atoms with van der Waals surface area (Å²) >= 11 is 1.60. The first-order chi connectivity index (χ1) is 14.1. The van der Waals surface area contributed by atoms with Gasteiger partial charge >= 0.3 is 0 Å². The Bertz CT molecular complexity index is 1130. The summed E-state index contributed by atoms with van der Waals surface area (Å²) in [5, 5.41) is 0.853. The summed E-state index contributed by atoms with van der Waals surface area (Å²) in [6.45, 7) is 5.37. The topological polar surface area (TPSA) is 72.1 Å². The first kappa shape index (κ1) is 19.1. The van der Waals surface area contributed by atoms with Crippen LogP contribution >= 0.6 is 11.3 Å². The molecule has 6 heteroatoms. The lowest BCUT2D eigenvalue weighted by Gasteiger charge is -2.18. The molecule has 4 rings (SSSR count). The van der Waals surface area contributed by atoms with Crippen molar-refractivity contribution in [3.05, 3.63) is 66.4 Å². The van der Waals surface area contributed by atoms with Crippen molar-refractivity contribution in [3.63, 3.8) is 0 Å². The zero-order valence-corrected chi connectivity index (χ0v) is 17.2. The molecule has 0 aliphatic rings. The third-order valence-electron chi connectivity index (χ3n) is 4.96. The second-order valence-corrected chi connectivity index (χ2v) is 7.73. The molecule has 0 radical (unpaired) electrons. The SMILES string of the molecule is CCN(CC)C(=O)c1ccc(-c2cnc(N)c(-c3nc4ccccc4s3)c2)cc1. The van der Waals surface area contributed by atoms with Gasteiger partial charge in [0, 0.05) is 30.4 Å². The Balaban J connectivity index is 1.67. The van der Waals surface area contributed by atoms with E-state index >= 15 is 0 Å². The number of pyridine rings is 1. The van der Waals surface area contributed by atoms with Crippen LogP contribution in [-0.4, -0.2) is 33.9 Å². The van der Waals surface area contributed by atoms with E-state index in [4.69, 9.17) is 10.7 Å². The molecule has 1 amide bonds. The standard InChI is InChI=1S/C23H22N4OS/c1-3-27(4-2)23(28)16-11-9-15(10-12-16)17-13-18(21(24)25-14-17)22-26-19-7-5-6-8-20(19)29-22/h5-14H,3-4H2,1-2H3,(H2,24,25). The second-order valence-electron chi connectivity index (χ2n) is 6.70. The molecule has 2 N–H and O–H groups in total. The zero-order valence-electron chi connectivity index (χ0n) is 16.4. The van der Waals surface area contributed by atoms with E-state index in [1.54, 1.807) is 17.5 Å². The van der Waals surface area contributed by atoms with Crippen molar-refractivity contribution in [3.8, 4) is 21.7 Å². The average Bonchev–Trinajstić information content (AvgIpc) is 3.19. The Labute approximate surface area is 173 Å². The van der Waals surface area contributed by atoms with Crippen LogP contribution in [0.1, 0.15) is 24.2 Å². The zero-order chi connectivity index (χ0) is 20.4. The van der Waals surface area contributed by atoms with Gasteiger partial charge < -0.3 is 10.6 Å². The smallest absolute Gasteiger partial charge is 0.253 e. The maximum Gasteiger partial charge on any atom is 0.253 e. The number of anilines is 1. The van der Waals surface area contributed by atoms with E-state index in [1.165, 1.54) is 0 Å². The van der Waals surface area contributed by atoms with Crippen molar-refractivity contribution in [2.24, 2.45) is 0 Å². The Morgan fingerprint density at radius 2 is 1.76 bits per heavy atom. The number of aromatic nitrogens is 2. The highest BCUT2D eigenvalue weighted by atomic mass is 32.1. The molecule has 0 spiro atoms. The highest BCUT2D eigenvalue weighted by Gasteiger charge is 2.14. The van der Waals surface area contributed by atoms with Crippen LogP contribution in [-0.2, 0) is 0 Å². The van der Waals surface area contributed by atoms with Gasteiger partial charge in [-0.3, -0.25) is 4.79 Å². The maximum absolute atomic E-state index is 12.5. The van der Waals surface area contributed by atoms with Gasteiger partial charge in [-0.05, 0) is 49.7 Å². The number of carbonyl (C=O) groups excluding carboxylic acids is 1. The number of nitrogens with zero attached hydrogens (tertiary/aromatic N) is 3. The molecule has 2 heterocycles. The minimum Gasteiger partial charge on any atom is -0.383 e. The fourth-order valence-electron chi connectivity index (χ4n) is 3.29. The number of nitrogen functional groups attached to an aromatic ring is 1. The molecule has 29 heavy (non-hydrogen) atoms. The number of hydrogen-bond donors (Lipinski definition) is 1. The normalized spacial score (nSPS) is 11.0. The van der Waals surface area contributed by atoms with Crippen LogP contribution in [0.4, 0.5) is 5.82 Å². The van der Waals surface area contributed by atoms with Gasteiger partial charge in [0.2, 0.25) is 0 Å². The number of benzene rings is 2. The summed E-state index contributed by atoms with van der Waals surface area (Å²) in [5.74, 6) is 0.508. The first-order valence-electron chi connectivity index (χ1n) is 9.62. The molecule has 0 saturated carbocycles. The van der Waals surface area contributed by atoms with Gasteiger partial charge in [-0.15, -0.1) is 11.3 Å². The molecule has 0 atom stereocenters. The number of thiazole rings is 1. The van der Waals surface area contributed by atoms with Gasteiger partial charge in [-0.1, -0.05) is 24.3 Å². The summed E-state index contributed by atoms with van der Waals surface area (Å²) < 4.78 is 1.12. The molecule has 2 aromatic heterocycles. The predicted octanol–water partition coefficient (Wildman–Crippen LogP) is 5.09. The van der Waals surface area contributed by atoms with Crippen molar-refractivity contribution >= 4 is 33.3 Å². The predicted molar refractivity (Wildman–Crippen MR) is 120 cm³/mol. The highest BCUT2D eigenvalue weighted by molar-refractivity contribution is 7.21. The van der Waals surface area contributed by atoms with E-state index in [-0.39, 0.29) is 5.91 Å². The van der Waals surface area contributed by atoms with E-state index in [0.717, 1.165) is 31.9 Å². The van der Waals surface area contributed by atoms with Gasteiger partial charge in [-0.25, -0.2) is 9.97 Å². The summed E-state index contributed by atoms with van der Waals surface area (Å²) in [5.41, 5.74) is 10.5. The maximum atomic E-state index is 12.5. The number of hydrogen-bond acceptors (Lipinski definition) is 5. The van der Waals surface area contributed by atoms with Crippen LogP contribution in [0.25, 0.3) is 31.9 Å². The molecule has 0 aliphatic heterocycles. The Morgan fingerprint density at radius 1 is 1.03 bits per heavy atom. The largest absolute Gasteiger partial charge is 0.383 e. The van der Waals surface area contributed by atoms with Crippen LogP contribution < -0.4 is 5.73 Å². The summed E-state index contributed by atoms with van der Waals surface area (Å²) in [6, 6.07) is 17.7. The Morgan fingerprint density at radius 3 is 2.45 bits per heavy atom. The molecule has 5 nitrogen and oxygen atoms in total. The Kier molecular flexibility index (Phi) is 5.27. The van der Waals surface area contributed by atoms with Crippen molar-refractivity contribution in [2.75, 3.05) is 18.8 Å². The number of rotatable bonds is 5. The minimum absolute atomic E-state index is 0.0483. The van der Waals surface area contributed by atoms with Crippen LogP contribution in [0.5, 0.6) is 0 Å². The van der Waals surface area contributed by atoms with Crippen molar-refractivity contribution in [1.82, 2.24) is 14.9 Å². The highest BCUT2D eigenvalue weighted by Crippen LogP contribution is 2.34. The lowest BCUT2D eigenvalue weighted by molar-refractivity contribution is 0.0773. The van der Waals surface area contributed by atoms with Crippen molar-refractivity contribution < 1.29 is 4.79 Å². The number of carbonyl (C=O) groups is 1. The molecule has 0 unspecified atom stereocenters. The first-order valence-corrected chi connectivity index (χ1v) is 10.4. The van der Waals surface area contributed by atoms with Crippen molar-refractivity contribution in [2.45, 2.75) is 13.8 Å². The lowest BCUT2D eigenvalue weighted by Crippen LogP contribution is -2.30. The number of nitrogens with two attached hydrogens (primary N) is 1. The fourth-order valence-corrected chi connectivity index (χ4v) is 4.28. The van der Waals surface area contributed by atoms with Crippen LogP contribution in [0.2, 0.25) is 0 Å². The fraction of sp³-hybridized carbons (Fsp3) is 0.174. The molecular formula is C23H22N4OS. The Hall–Kier alpha value is -3.25. The van der Waals surface area contributed by atoms with Gasteiger partial charge in [0.15, 0.2) is 0 Å². The molecule has 0 fully saturated rings. The third kappa shape index (κ3) is 3.71. The molecule has 2 aromatic carbocycles. The van der Waals surface area contributed by atoms with Gasteiger partial charge in [0.1, 0.15) is 10.8 Å². The third-order valence-corrected chi connectivity index (χ3v) is 6.03. The molecule has 0 aliphatic carbocycles. The van der Waals surface area contributed by atoms with Crippen LogP contribution in [0, 0.1) is 0 Å². The molecular weight excluding hydrogens is 380 g/mol. The molecule has 0 bridgehead atoms. The van der Waals surface area contributed by atoms with E-state index in [9.17, 15) is 4.79 Å². The quantitative estimate of drug-likeness (QED) is 0.505. The average molecular weight is 403 g/mol. The van der Waals surface area contributed by atoms with E-state index < -0.39 is 0 Å². The summed E-state index contributed by atoms with van der Waals surface area (Å²) in [7, 11) is 0. The van der Waals surface area contributed by atoms with Crippen molar-refractivity contribution in [1.29, 1.82) is 0 Å². The molecule has 0 saturated heterocycles. The van der Waals surface area contributed by atoms with E-state index in [0.29, 0.717) is 24.5 Å². The summed E-state index contributed by atoms with van der Waals surface area (Å²) in [4.78, 5) is 23.4.